The van der Waals surface area contributed by atoms with Crippen LogP contribution in [0.5, 0.6) is 5.75 Å². The van der Waals surface area contributed by atoms with Crippen molar-refractivity contribution in [3.8, 4) is 5.75 Å². The quantitative estimate of drug-likeness (QED) is 0.759. The van der Waals surface area contributed by atoms with Gasteiger partial charge in [-0.3, -0.25) is 4.79 Å². The minimum absolute atomic E-state index is 0. The van der Waals surface area contributed by atoms with Crippen molar-refractivity contribution < 1.29 is 22.3 Å². The molecule has 1 aliphatic rings. The number of benzene rings is 1. The lowest BCUT2D eigenvalue weighted by molar-refractivity contribution is -0.124. The number of hydrogen-bond donors (Lipinski definition) is 2. The number of sulfone groups is 1. The van der Waals surface area contributed by atoms with E-state index in [0.29, 0.717) is 18.8 Å². The van der Waals surface area contributed by atoms with Crippen LogP contribution in [0, 0.1) is 5.82 Å². The number of rotatable bonds is 6. The van der Waals surface area contributed by atoms with Crippen LogP contribution in [0.25, 0.3) is 0 Å². The number of ether oxygens (including phenoxy) is 1. The number of nitrogens with one attached hydrogen (secondary N) is 2. The van der Waals surface area contributed by atoms with E-state index in [4.69, 9.17) is 4.74 Å². The smallest absolute Gasteiger partial charge is 0.241 e. The molecule has 9 heteroatoms. The summed E-state index contributed by atoms with van der Waals surface area (Å²) in [6.07, 6.45) is 1.17. The predicted octanol–water partition coefficient (Wildman–Crippen LogP) is 1.30. The first-order chi connectivity index (χ1) is 11.2. The van der Waals surface area contributed by atoms with E-state index < -0.39 is 32.4 Å². The van der Waals surface area contributed by atoms with Gasteiger partial charge in [-0.05, 0) is 45.0 Å². The van der Waals surface area contributed by atoms with Crippen molar-refractivity contribution in [2.24, 2.45) is 0 Å². The van der Waals surface area contributed by atoms with E-state index in [1.165, 1.54) is 18.2 Å². The molecule has 1 fully saturated rings. The summed E-state index contributed by atoms with van der Waals surface area (Å²) in [5, 5.41) is 5.73. The molecule has 1 unspecified atom stereocenters. The first-order valence-electron chi connectivity index (χ1n) is 7.85. The van der Waals surface area contributed by atoms with Gasteiger partial charge in [0.05, 0.1) is 6.54 Å². The van der Waals surface area contributed by atoms with Crippen molar-refractivity contribution in [2.45, 2.75) is 30.6 Å². The Morgan fingerprint density at radius 2 is 2.04 bits per heavy atom. The maximum Gasteiger partial charge on any atom is 0.241 e. The maximum absolute atomic E-state index is 13.1. The molecule has 1 aromatic carbocycles. The minimum atomic E-state index is -3.54. The molecule has 1 aromatic rings. The number of piperidine rings is 1. The summed E-state index contributed by atoms with van der Waals surface area (Å²) >= 11 is 0. The van der Waals surface area contributed by atoms with Crippen LogP contribution in [0.15, 0.2) is 24.3 Å². The first kappa shape index (κ1) is 21.7. The Bertz CT molecular complexity index is 693. The van der Waals surface area contributed by atoms with Gasteiger partial charge in [0.2, 0.25) is 5.91 Å². The minimum Gasteiger partial charge on any atom is -0.489 e. The molecule has 142 valence electrons. The van der Waals surface area contributed by atoms with Gasteiger partial charge in [0.1, 0.15) is 17.7 Å². The van der Waals surface area contributed by atoms with Gasteiger partial charge in [0.15, 0.2) is 14.6 Å². The highest BCUT2D eigenvalue weighted by atomic mass is 35.5. The van der Waals surface area contributed by atoms with Gasteiger partial charge in [0, 0.05) is 12.3 Å². The molecule has 1 heterocycles. The van der Waals surface area contributed by atoms with Crippen molar-refractivity contribution in [3.63, 3.8) is 0 Å². The fourth-order valence-corrected chi connectivity index (χ4v) is 4.16. The summed E-state index contributed by atoms with van der Waals surface area (Å²) in [7, 11) is -3.54. The largest absolute Gasteiger partial charge is 0.489 e. The summed E-state index contributed by atoms with van der Waals surface area (Å²) in [4.78, 5) is 12.5. The molecule has 2 N–H and O–H groups in total. The van der Waals surface area contributed by atoms with Crippen molar-refractivity contribution >= 4 is 28.2 Å². The van der Waals surface area contributed by atoms with Gasteiger partial charge < -0.3 is 15.4 Å². The second-order valence-electron chi connectivity index (χ2n) is 6.11. The third-order valence-electron chi connectivity index (χ3n) is 4.22. The molecule has 0 radical (unpaired) electrons. The molecule has 0 bridgehead atoms. The molecule has 25 heavy (non-hydrogen) atoms. The molecular weight excluding hydrogens is 371 g/mol. The molecule has 1 aliphatic heterocycles. The van der Waals surface area contributed by atoms with Crippen LogP contribution in [0.3, 0.4) is 0 Å². The van der Waals surface area contributed by atoms with E-state index in [0.717, 1.165) is 6.26 Å². The Hall–Kier alpha value is -1.38. The van der Waals surface area contributed by atoms with E-state index in [2.05, 4.69) is 10.6 Å². The van der Waals surface area contributed by atoms with Gasteiger partial charge in [-0.15, -0.1) is 12.4 Å². The maximum atomic E-state index is 13.1. The Morgan fingerprint density at radius 3 is 2.60 bits per heavy atom. The molecule has 0 aliphatic carbocycles. The zero-order valence-electron chi connectivity index (χ0n) is 14.2. The molecule has 0 aromatic heterocycles. The summed E-state index contributed by atoms with van der Waals surface area (Å²) in [5.74, 6) is -0.549. The van der Waals surface area contributed by atoms with Crippen LogP contribution >= 0.6 is 12.4 Å². The Balaban J connectivity index is 0.00000312. The fourth-order valence-electron chi connectivity index (χ4n) is 2.81. The van der Waals surface area contributed by atoms with Gasteiger partial charge >= 0.3 is 0 Å². The Morgan fingerprint density at radius 1 is 1.40 bits per heavy atom. The zero-order chi connectivity index (χ0) is 17.8. The number of carbonyl (C=O) groups is 1. The van der Waals surface area contributed by atoms with E-state index in [-0.39, 0.29) is 31.8 Å². The second-order valence-corrected chi connectivity index (χ2v) is 8.44. The van der Waals surface area contributed by atoms with Crippen LogP contribution in [0.1, 0.15) is 19.8 Å². The van der Waals surface area contributed by atoms with Crippen molar-refractivity contribution in [1.82, 2.24) is 10.6 Å². The summed E-state index contributed by atoms with van der Waals surface area (Å²) in [5.41, 5.74) is 0. The molecule has 0 spiro atoms. The topological polar surface area (TPSA) is 84.5 Å². The highest BCUT2D eigenvalue weighted by Crippen LogP contribution is 2.28. The normalized spacial score (nSPS) is 17.9. The fraction of sp³-hybridized carbons (Fsp3) is 0.562. The highest BCUT2D eigenvalue weighted by Gasteiger charge is 2.48. The van der Waals surface area contributed by atoms with Gasteiger partial charge in [-0.2, -0.15) is 0 Å². The third kappa shape index (κ3) is 5.29. The average Bonchev–Trinajstić information content (AvgIpc) is 2.52. The van der Waals surface area contributed by atoms with E-state index in [1.807, 2.05) is 0 Å². The molecular formula is C16H24ClFN2O4S. The molecule has 0 saturated carbocycles. The van der Waals surface area contributed by atoms with Crippen molar-refractivity contribution in [2.75, 3.05) is 25.9 Å². The number of carbonyl (C=O) groups excluding carboxylic acids is 1. The van der Waals surface area contributed by atoms with Gasteiger partial charge in [0.25, 0.3) is 0 Å². The van der Waals surface area contributed by atoms with E-state index in [9.17, 15) is 17.6 Å². The SMILES string of the molecule is CC(CNC(=O)C1(S(C)(=O)=O)CCNCC1)Oc1cccc(F)c1.Cl. The lowest BCUT2D eigenvalue weighted by Gasteiger charge is -2.34. The highest BCUT2D eigenvalue weighted by molar-refractivity contribution is 7.92. The van der Waals surface area contributed by atoms with Crippen LogP contribution in [0.4, 0.5) is 4.39 Å². The number of hydrogen-bond acceptors (Lipinski definition) is 5. The van der Waals surface area contributed by atoms with Gasteiger partial charge in [-0.1, -0.05) is 6.07 Å². The van der Waals surface area contributed by atoms with Crippen LogP contribution in [-0.2, 0) is 14.6 Å². The first-order valence-corrected chi connectivity index (χ1v) is 9.74. The molecule has 1 saturated heterocycles. The van der Waals surface area contributed by atoms with E-state index >= 15 is 0 Å². The molecule has 1 atom stereocenters. The van der Waals surface area contributed by atoms with E-state index in [1.54, 1.807) is 13.0 Å². The van der Waals surface area contributed by atoms with Crippen LogP contribution in [0.2, 0.25) is 0 Å². The summed E-state index contributed by atoms with van der Waals surface area (Å²) in [6.45, 7) is 2.83. The van der Waals surface area contributed by atoms with Gasteiger partial charge in [-0.25, -0.2) is 12.8 Å². The third-order valence-corrected chi connectivity index (χ3v) is 6.23. The monoisotopic (exact) mass is 394 g/mol. The molecule has 6 nitrogen and oxygen atoms in total. The van der Waals surface area contributed by atoms with Crippen molar-refractivity contribution in [3.05, 3.63) is 30.1 Å². The lowest BCUT2D eigenvalue weighted by Crippen LogP contribution is -2.58. The lowest BCUT2D eigenvalue weighted by atomic mass is 9.96. The average molecular weight is 395 g/mol. The zero-order valence-corrected chi connectivity index (χ0v) is 15.9. The standard InChI is InChI=1S/C16H23FN2O4S.ClH/c1-12(23-14-5-3-4-13(17)10-14)11-19-15(20)16(24(2,21)22)6-8-18-9-7-16;/h3-5,10,12,18H,6-9,11H2,1-2H3,(H,19,20);1H. The summed E-state index contributed by atoms with van der Waals surface area (Å²) in [6, 6.07) is 5.71. The second kappa shape index (κ2) is 8.82. The predicted molar refractivity (Wildman–Crippen MR) is 96.4 cm³/mol. The Kier molecular flexibility index (Phi) is 7.64. The molecule has 2 rings (SSSR count). The van der Waals surface area contributed by atoms with Crippen LogP contribution < -0.4 is 15.4 Å². The number of amides is 1. The summed E-state index contributed by atoms with van der Waals surface area (Å²) < 4.78 is 41.6. The number of halogens is 2. The molecule has 1 amide bonds. The van der Waals surface area contributed by atoms with Crippen molar-refractivity contribution in [1.29, 1.82) is 0 Å². The van der Waals surface area contributed by atoms with Crippen LogP contribution in [-0.4, -0.2) is 51.1 Å². The Labute approximate surface area is 153 Å².